The Labute approximate surface area is 121 Å². The topological polar surface area (TPSA) is 44.3 Å². The zero-order valence-corrected chi connectivity index (χ0v) is 12.6. The third kappa shape index (κ3) is 2.94. The van der Waals surface area contributed by atoms with Gasteiger partial charge >= 0.3 is 0 Å². The summed E-state index contributed by atoms with van der Waals surface area (Å²) in [7, 11) is 0. The van der Waals surface area contributed by atoms with Gasteiger partial charge < -0.3 is 10.2 Å². The predicted molar refractivity (Wildman–Crippen MR) is 80.9 cm³/mol. The molecule has 0 aromatic carbocycles. The highest BCUT2D eigenvalue weighted by Crippen LogP contribution is 2.23. The maximum Gasteiger partial charge on any atom is 0.136 e. The molecule has 0 saturated carbocycles. The van der Waals surface area contributed by atoms with Crippen LogP contribution < -0.4 is 10.2 Å². The fourth-order valence-corrected chi connectivity index (χ4v) is 3.19. The number of nitrogens with zero attached hydrogens (tertiary/aromatic N) is 4. The first-order valence-corrected chi connectivity index (χ1v) is 7.75. The van der Waals surface area contributed by atoms with Crippen molar-refractivity contribution in [2.45, 2.75) is 26.8 Å². The van der Waals surface area contributed by atoms with Crippen LogP contribution in [-0.4, -0.2) is 54.1 Å². The lowest BCUT2D eigenvalue weighted by atomic mass is 10.1. The van der Waals surface area contributed by atoms with Gasteiger partial charge in [0.2, 0.25) is 0 Å². The molecule has 0 radical (unpaired) electrons. The first-order chi connectivity index (χ1) is 9.74. The molecule has 1 aromatic heterocycles. The average molecular weight is 275 g/mol. The van der Waals surface area contributed by atoms with Gasteiger partial charge in [-0.1, -0.05) is 13.8 Å². The fourth-order valence-electron chi connectivity index (χ4n) is 3.19. The molecule has 0 atom stereocenters. The molecule has 0 bridgehead atoms. The third-order valence-electron chi connectivity index (χ3n) is 4.15. The van der Waals surface area contributed by atoms with Crippen LogP contribution in [0.1, 0.15) is 25.1 Å². The van der Waals surface area contributed by atoms with E-state index in [-0.39, 0.29) is 0 Å². The highest BCUT2D eigenvalue weighted by Gasteiger charge is 2.23. The van der Waals surface area contributed by atoms with Crippen molar-refractivity contribution < 1.29 is 0 Å². The molecule has 1 saturated heterocycles. The summed E-state index contributed by atoms with van der Waals surface area (Å²) >= 11 is 0. The molecular weight excluding hydrogens is 250 g/mol. The second-order valence-electron chi connectivity index (χ2n) is 6.23. The van der Waals surface area contributed by atoms with Gasteiger partial charge in [0, 0.05) is 57.8 Å². The summed E-state index contributed by atoms with van der Waals surface area (Å²) in [6.07, 6.45) is 2.76. The van der Waals surface area contributed by atoms with Gasteiger partial charge in [-0.2, -0.15) is 0 Å². The Balaban J connectivity index is 1.69. The maximum absolute atomic E-state index is 4.56. The predicted octanol–water partition coefficient (Wildman–Crippen LogP) is 0.900. The van der Waals surface area contributed by atoms with Gasteiger partial charge in [0.25, 0.3) is 0 Å². The van der Waals surface area contributed by atoms with Gasteiger partial charge in [0.1, 0.15) is 12.1 Å². The summed E-state index contributed by atoms with van der Waals surface area (Å²) in [5.74, 6) is 1.91. The minimum absolute atomic E-state index is 0.748. The molecule has 3 rings (SSSR count). The van der Waals surface area contributed by atoms with E-state index >= 15 is 0 Å². The molecule has 1 aromatic rings. The van der Waals surface area contributed by atoms with Crippen molar-refractivity contribution in [3.8, 4) is 0 Å². The number of fused-ring (bicyclic) bond motifs is 1. The quantitative estimate of drug-likeness (QED) is 0.888. The molecule has 110 valence electrons. The van der Waals surface area contributed by atoms with Crippen LogP contribution in [-0.2, 0) is 13.0 Å². The van der Waals surface area contributed by atoms with Crippen molar-refractivity contribution in [2.75, 3.05) is 44.2 Å². The Morgan fingerprint density at radius 1 is 1.20 bits per heavy atom. The normalized spacial score (nSPS) is 20.2. The number of nitrogens with one attached hydrogen (secondary N) is 1. The Morgan fingerprint density at radius 2 is 2.00 bits per heavy atom. The standard InChI is InChI=1S/C15H25N5/c1-12(2)10-19-5-7-20(8-6-19)15-13-9-16-4-3-14(13)17-11-18-15/h11-12,16H,3-10H2,1-2H3. The van der Waals surface area contributed by atoms with Gasteiger partial charge in [-0.3, -0.25) is 4.90 Å². The van der Waals surface area contributed by atoms with Crippen molar-refractivity contribution >= 4 is 5.82 Å². The second-order valence-corrected chi connectivity index (χ2v) is 6.23. The van der Waals surface area contributed by atoms with Crippen LogP contribution in [0.4, 0.5) is 5.82 Å². The molecule has 0 aliphatic carbocycles. The molecule has 0 spiro atoms. The van der Waals surface area contributed by atoms with Crippen molar-refractivity contribution in [2.24, 2.45) is 5.92 Å². The van der Waals surface area contributed by atoms with Gasteiger partial charge in [0.15, 0.2) is 0 Å². The van der Waals surface area contributed by atoms with E-state index in [4.69, 9.17) is 0 Å². The average Bonchev–Trinajstić information content (AvgIpc) is 2.47. The van der Waals surface area contributed by atoms with E-state index in [1.165, 1.54) is 17.8 Å². The number of aromatic nitrogens is 2. The molecule has 1 N–H and O–H groups in total. The number of rotatable bonds is 3. The van der Waals surface area contributed by atoms with Gasteiger partial charge in [-0.25, -0.2) is 9.97 Å². The molecule has 20 heavy (non-hydrogen) atoms. The van der Waals surface area contributed by atoms with Crippen molar-refractivity contribution in [1.82, 2.24) is 20.2 Å². The SMILES string of the molecule is CC(C)CN1CCN(c2ncnc3c2CNCC3)CC1. The number of hydrogen-bond acceptors (Lipinski definition) is 5. The van der Waals surface area contributed by atoms with Crippen LogP contribution in [0.15, 0.2) is 6.33 Å². The molecule has 5 nitrogen and oxygen atoms in total. The molecule has 2 aliphatic heterocycles. The molecule has 5 heteroatoms. The van der Waals surface area contributed by atoms with Gasteiger partial charge in [-0.15, -0.1) is 0 Å². The van der Waals surface area contributed by atoms with Crippen LogP contribution in [0, 0.1) is 5.92 Å². The zero-order valence-electron chi connectivity index (χ0n) is 12.6. The lowest BCUT2D eigenvalue weighted by Crippen LogP contribution is -2.48. The minimum atomic E-state index is 0.748. The molecular formula is C15H25N5. The lowest BCUT2D eigenvalue weighted by molar-refractivity contribution is 0.230. The lowest BCUT2D eigenvalue weighted by Gasteiger charge is -2.37. The summed E-state index contributed by atoms with van der Waals surface area (Å²) in [5, 5.41) is 3.44. The van der Waals surface area contributed by atoms with E-state index in [0.29, 0.717) is 0 Å². The smallest absolute Gasteiger partial charge is 0.136 e. The molecule has 1 fully saturated rings. The Morgan fingerprint density at radius 3 is 2.75 bits per heavy atom. The summed E-state index contributed by atoms with van der Waals surface area (Å²) in [4.78, 5) is 14.0. The highest BCUT2D eigenvalue weighted by atomic mass is 15.3. The van der Waals surface area contributed by atoms with Crippen LogP contribution >= 0.6 is 0 Å². The number of piperazine rings is 1. The second kappa shape index (κ2) is 6.06. The van der Waals surface area contributed by atoms with Gasteiger partial charge in [-0.05, 0) is 5.92 Å². The number of hydrogen-bond donors (Lipinski definition) is 1. The monoisotopic (exact) mass is 275 g/mol. The largest absolute Gasteiger partial charge is 0.354 e. The molecule has 0 amide bonds. The maximum atomic E-state index is 4.56. The fraction of sp³-hybridized carbons (Fsp3) is 0.733. The van der Waals surface area contributed by atoms with Crippen molar-refractivity contribution in [3.63, 3.8) is 0 Å². The van der Waals surface area contributed by atoms with E-state index in [1.54, 1.807) is 6.33 Å². The molecule has 0 unspecified atom stereocenters. The van der Waals surface area contributed by atoms with Crippen LogP contribution in [0.2, 0.25) is 0 Å². The first kappa shape index (κ1) is 13.8. The van der Waals surface area contributed by atoms with E-state index < -0.39 is 0 Å². The third-order valence-corrected chi connectivity index (χ3v) is 4.15. The Bertz CT molecular complexity index is 452. The number of anilines is 1. The van der Waals surface area contributed by atoms with E-state index in [0.717, 1.165) is 57.4 Å². The van der Waals surface area contributed by atoms with E-state index in [9.17, 15) is 0 Å². The summed E-state index contributed by atoms with van der Waals surface area (Å²) in [6.45, 7) is 12.2. The summed E-state index contributed by atoms with van der Waals surface area (Å²) in [6, 6.07) is 0. The minimum Gasteiger partial charge on any atom is -0.354 e. The van der Waals surface area contributed by atoms with Crippen LogP contribution in [0.25, 0.3) is 0 Å². The van der Waals surface area contributed by atoms with Crippen LogP contribution in [0.5, 0.6) is 0 Å². The van der Waals surface area contributed by atoms with E-state index in [2.05, 4.69) is 38.9 Å². The van der Waals surface area contributed by atoms with Crippen LogP contribution in [0.3, 0.4) is 0 Å². The first-order valence-electron chi connectivity index (χ1n) is 7.75. The van der Waals surface area contributed by atoms with Gasteiger partial charge in [0.05, 0.1) is 5.69 Å². The van der Waals surface area contributed by atoms with E-state index in [1.807, 2.05) is 0 Å². The Kier molecular flexibility index (Phi) is 4.17. The summed E-state index contributed by atoms with van der Waals surface area (Å²) < 4.78 is 0. The summed E-state index contributed by atoms with van der Waals surface area (Å²) in [5.41, 5.74) is 2.55. The zero-order chi connectivity index (χ0) is 13.9. The van der Waals surface area contributed by atoms with Crippen molar-refractivity contribution in [1.29, 1.82) is 0 Å². The molecule has 2 aliphatic rings. The van der Waals surface area contributed by atoms with Crippen molar-refractivity contribution in [3.05, 3.63) is 17.6 Å². The Hall–Kier alpha value is -1.20. The molecule has 3 heterocycles. The highest BCUT2D eigenvalue weighted by molar-refractivity contribution is 5.49.